The topological polar surface area (TPSA) is 32.3 Å². The number of nitrogens with zero attached hydrogens (tertiary/aromatic N) is 1. The highest BCUT2D eigenvalue weighted by atomic mass is 16.2. The smallest absolute Gasteiger partial charge is 0.223 e. The van der Waals surface area contributed by atoms with Gasteiger partial charge in [-0.15, -0.1) is 0 Å². The lowest BCUT2D eigenvalue weighted by atomic mass is 10.1. The fraction of sp³-hybridized carbons (Fsp3) is 0.588. The Morgan fingerprint density at radius 3 is 2.70 bits per heavy atom. The molecule has 3 heteroatoms. The molecule has 1 aromatic carbocycles. The van der Waals surface area contributed by atoms with Crippen LogP contribution in [0.1, 0.15) is 43.4 Å². The summed E-state index contributed by atoms with van der Waals surface area (Å²) >= 11 is 0. The Morgan fingerprint density at radius 1 is 1.20 bits per heavy atom. The third-order valence-corrected chi connectivity index (χ3v) is 4.12. The van der Waals surface area contributed by atoms with Gasteiger partial charge < -0.3 is 10.2 Å². The maximum atomic E-state index is 11.9. The van der Waals surface area contributed by atoms with Crippen LogP contribution in [0, 0.1) is 0 Å². The molecule has 1 amide bonds. The van der Waals surface area contributed by atoms with Crippen LogP contribution in [-0.4, -0.2) is 30.4 Å². The van der Waals surface area contributed by atoms with Crippen LogP contribution in [0.4, 0.5) is 0 Å². The molecule has 0 saturated carbocycles. The number of hydrogen-bond acceptors (Lipinski definition) is 2. The van der Waals surface area contributed by atoms with E-state index in [1.807, 2.05) is 18.7 Å². The molecular formula is C17H26N2O. The van der Waals surface area contributed by atoms with E-state index in [0.717, 1.165) is 26.2 Å². The quantitative estimate of drug-likeness (QED) is 0.775. The summed E-state index contributed by atoms with van der Waals surface area (Å²) in [6.45, 7) is 7.28. The van der Waals surface area contributed by atoms with E-state index in [-0.39, 0.29) is 5.91 Å². The summed E-state index contributed by atoms with van der Waals surface area (Å²) in [6, 6.07) is 6.80. The van der Waals surface area contributed by atoms with E-state index in [0.29, 0.717) is 6.42 Å². The van der Waals surface area contributed by atoms with Crippen molar-refractivity contribution in [2.24, 2.45) is 0 Å². The Bertz CT molecular complexity index is 452. The van der Waals surface area contributed by atoms with Gasteiger partial charge in [-0.1, -0.05) is 18.2 Å². The third-order valence-electron chi connectivity index (χ3n) is 4.12. The number of aryl methyl sites for hydroxylation is 2. The van der Waals surface area contributed by atoms with Gasteiger partial charge in [0.2, 0.25) is 5.91 Å². The summed E-state index contributed by atoms with van der Waals surface area (Å²) < 4.78 is 0. The van der Waals surface area contributed by atoms with Crippen molar-refractivity contribution >= 4 is 5.91 Å². The maximum Gasteiger partial charge on any atom is 0.223 e. The molecular weight excluding hydrogens is 248 g/mol. The van der Waals surface area contributed by atoms with E-state index in [1.165, 1.54) is 36.0 Å². The maximum absolute atomic E-state index is 11.9. The second kappa shape index (κ2) is 7.44. The van der Waals surface area contributed by atoms with Gasteiger partial charge in [0.25, 0.3) is 0 Å². The van der Waals surface area contributed by atoms with E-state index in [9.17, 15) is 4.79 Å². The van der Waals surface area contributed by atoms with Crippen LogP contribution in [0.15, 0.2) is 18.2 Å². The van der Waals surface area contributed by atoms with Crippen molar-refractivity contribution in [3.63, 3.8) is 0 Å². The van der Waals surface area contributed by atoms with Gasteiger partial charge in [0, 0.05) is 32.6 Å². The van der Waals surface area contributed by atoms with E-state index < -0.39 is 0 Å². The van der Waals surface area contributed by atoms with Crippen LogP contribution in [0.3, 0.4) is 0 Å². The zero-order valence-electron chi connectivity index (χ0n) is 12.7. The summed E-state index contributed by atoms with van der Waals surface area (Å²) in [5, 5.41) is 3.38. The molecule has 110 valence electrons. The molecule has 0 saturated heterocycles. The molecule has 0 spiro atoms. The molecule has 0 unspecified atom stereocenters. The summed E-state index contributed by atoms with van der Waals surface area (Å²) in [7, 11) is 0. The van der Waals surface area contributed by atoms with Gasteiger partial charge in [0.1, 0.15) is 0 Å². The number of carbonyl (C=O) groups is 1. The Morgan fingerprint density at radius 2 is 1.95 bits per heavy atom. The summed E-state index contributed by atoms with van der Waals surface area (Å²) in [5.41, 5.74) is 4.37. The fourth-order valence-corrected chi connectivity index (χ4v) is 2.90. The van der Waals surface area contributed by atoms with E-state index in [4.69, 9.17) is 0 Å². The molecule has 20 heavy (non-hydrogen) atoms. The van der Waals surface area contributed by atoms with E-state index in [1.54, 1.807) is 0 Å². The number of benzene rings is 1. The summed E-state index contributed by atoms with van der Waals surface area (Å²) in [5.74, 6) is 0.247. The second-order valence-corrected chi connectivity index (χ2v) is 5.45. The van der Waals surface area contributed by atoms with Crippen molar-refractivity contribution in [2.45, 2.75) is 46.1 Å². The lowest BCUT2D eigenvalue weighted by molar-refractivity contribution is -0.130. The lowest BCUT2D eigenvalue weighted by Gasteiger charge is -2.18. The highest BCUT2D eigenvalue weighted by Crippen LogP contribution is 2.22. The zero-order valence-corrected chi connectivity index (χ0v) is 12.7. The minimum atomic E-state index is 0.247. The molecule has 1 aliphatic rings. The van der Waals surface area contributed by atoms with Crippen molar-refractivity contribution in [1.82, 2.24) is 10.2 Å². The standard InChI is InChI=1S/C17H26N2O/c1-3-19(4-2)17(20)10-11-18-13-14-8-9-15-6-5-7-16(15)12-14/h8-9,12,18H,3-7,10-11,13H2,1-2H3. The predicted octanol–water partition coefficient (Wildman–Crippen LogP) is 2.52. The zero-order chi connectivity index (χ0) is 14.4. The van der Waals surface area contributed by atoms with Crippen molar-refractivity contribution in [3.05, 3.63) is 34.9 Å². The van der Waals surface area contributed by atoms with Crippen molar-refractivity contribution < 1.29 is 4.79 Å². The van der Waals surface area contributed by atoms with Gasteiger partial charge in [-0.05, 0) is 49.8 Å². The minimum absolute atomic E-state index is 0.247. The third kappa shape index (κ3) is 3.83. The Balaban J connectivity index is 1.72. The molecule has 1 aromatic rings. The van der Waals surface area contributed by atoms with Crippen LogP contribution < -0.4 is 5.32 Å². The van der Waals surface area contributed by atoms with E-state index in [2.05, 4.69) is 23.5 Å². The molecule has 3 nitrogen and oxygen atoms in total. The second-order valence-electron chi connectivity index (χ2n) is 5.45. The first-order valence-corrected chi connectivity index (χ1v) is 7.83. The average Bonchev–Trinajstić information content (AvgIpc) is 2.92. The first-order chi connectivity index (χ1) is 9.74. The van der Waals surface area contributed by atoms with Crippen LogP contribution in [0.25, 0.3) is 0 Å². The van der Waals surface area contributed by atoms with Crippen LogP contribution in [-0.2, 0) is 24.2 Å². The van der Waals surface area contributed by atoms with Crippen molar-refractivity contribution in [1.29, 1.82) is 0 Å². The number of hydrogen-bond donors (Lipinski definition) is 1. The van der Waals surface area contributed by atoms with Crippen LogP contribution in [0.5, 0.6) is 0 Å². The molecule has 0 fully saturated rings. The highest BCUT2D eigenvalue weighted by Gasteiger charge is 2.11. The van der Waals surface area contributed by atoms with Crippen molar-refractivity contribution in [3.8, 4) is 0 Å². The van der Waals surface area contributed by atoms with Gasteiger partial charge in [-0.25, -0.2) is 0 Å². The number of nitrogens with one attached hydrogen (secondary N) is 1. The highest BCUT2D eigenvalue weighted by molar-refractivity contribution is 5.76. The Hall–Kier alpha value is -1.35. The molecule has 0 bridgehead atoms. The van der Waals surface area contributed by atoms with Gasteiger partial charge in [-0.2, -0.15) is 0 Å². The first kappa shape index (κ1) is 15.0. The summed E-state index contributed by atoms with van der Waals surface area (Å²) in [4.78, 5) is 13.7. The number of amides is 1. The SMILES string of the molecule is CCN(CC)C(=O)CCNCc1ccc2c(c1)CCC2. The van der Waals surface area contributed by atoms with Crippen molar-refractivity contribution in [2.75, 3.05) is 19.6 Å². The monoisotopic (exact) mass is 274 g/mol. The number of carbonyl (C=O) groups excluding carboxylic acids is 1. The molecule has 0 radical (unpaired) electrons. The predicted molar refractivity (Wildman–Crippen MR) is 82.7 cm³/mol. The van der Waals surface area contributed by atoms with Gasteiger partial charge >= 0.3 is 0 Å². The van der Waals surface area contributed by atoms with Gasteiger partial charge in [-0.3, -0.25) is 4.79 Å². The molecule has 2 rings (SSSR count). The largest absolute Gasteiger partial charge is 0.343 e. The first-order valence-electron chi connectivity index (χ1n) is 7.83. The number of rotatable bonds is 7. The lowest BCUT2D eigenvalue weighted by Crippen LogP contribution is -2.32. The Labute approximate surface area is 122 Å². The summed E-state index contributed by atoms with van der Waals surface area (Å²) in [6.07, 6.45) is 4.35. The molecule has 0 aromatic heterocycles. The Kier molecular flexibility index (Phi) is 5.60. The normalized spacial score (nSPS) is 13.3. The number of fused-ring (bicyclic) bond motifs is 1. The van der Waals surface area contributed by atoms with Gasteiger partial charge in [0.15, 0.2) is 0 Å². The minimum Gasteiger partial charge on any atom is -0.343 e. The van der Waals surface area contributed by atoms with E-state index >= 15 is 0 Å². The average molecular weight is 274 g/mol. The van der Waals surface area contributed by atoms with Crippen LogP contribution >= 0.6 is 0 Å². The molecule has 0 aliphatic heterocycles. The molecule has 1 N–H and O–H groups in total. The van der Waals surface area contributed by atoms with Gasteiger partial charge in [0.05, 0.1) is 0 Å². The van der Waals surface area contributed by atoms with Crippen LogP contribution in [0.2, 0.25) is 0 Å². The fourth-order valence-electron chi connectivity index (χ4n) is 2.90. The molecule has 1 aliphatic carbocycles. The molecule has 0 atom stereocenters. The molecule has 0 heterocycles.